The first kappa shape index (κ1) is 18.4. The Balaban J connectivity index is 2.39. The fourth-order valence-electron chi connectivity index (χ4n) is 1.75. The Bertz CT molecular complexity index is 522. The van der Waals surface area contributed by atoms with Crippen molar-refractivity contribution < 1.29 is 14.7 Å². The molecule has 0 aliphatic carbocycles. The molecule has 0 spiro atoms. The van der Waals surface area contributed by atoms with E-state index < -0.39 is 11.9 Å². The molecule has 22 heavy (non-hydrogen) atoms. The second-order valence-electron chi connectivity index (χ2n) is 6.48. The van der Waals surface area contributed by atoms with Gasteiger partial charge in [-0.25, -0.2) is 9.78 Å². The summed E-state index contributed by atoms with van der Waals surface area (Å²) in [6, 6.07) is -0.263. The Morgan fingerprint density at radius 2 is 2.09 bits per heavy atom. The maximum atomic E-state index is 11.9. The highest BCUT2D eigenvalue weighted by atomic mass is 32.1. The number of carbonyl (C=O) groups is 2. The number of carboxylic acids is 1. The summed E-state index contributed by atoms with van der Waals surface area (Å²) in [6.45, 7) is 8.61. The Morgan fingerprint density at radius 3 is 2.59 bits per heavy atom. The molecule has 1 heterocycles. The predicted octanol–water partition coefficient (Wildman–Crippen LogP) is 2.35. The van der Waals surface area contributed by atoms with E-state index >= 15 is 0 Å². The van der Waals surface area contributed by atoms with Crippen LogP contribution in [0.5, 0.6) is 0 Å². The van der Waals surface area contributed by atoms with E-state index in [9.17, 15) is 9.59 Å². The number of hydrogen-bond acceptors (Lipinski definition) is 4. The van der Waals surface area contributed by atoms with Crippen molar-refractivity contribution in [1.82, 2.24) is 15.2 Å². The average molecular weight is 327 g/mol. The van der Waals surface area contributed by atoms with Crippen molar-refractivity contribution in [3.05, 3.63) is 16.1 Å². The molecule has 0 aliphatic rings. The highest BCUT2D eigenvalue weighted by Gasteiger charge is 2.18. The number of rotatable bonds is 6. The lowest BCUT2D eigenvalue weighted by atomic mass is 9.93. The van der Waals surface area contributed by atoms with E-state index in [-0.39, 0.29) is 18.0 Å². The summed E-state index contributed by atoms with van der Waals surface area (Å²) in [6.07, 6.45) is 0.675. The molecule has 0 saturated heterocycles. The number of aromatic nitrogens is 1. The van der Waals surface area contributed by atoms with Gasteiger partial charge >= 0.3 is 12.0 Å². The van der Waals surface area contributed by atoms with E-state index in [4.69, 9.17) is 5.11 Å². The third kappa shape index (κ3) is 5.63. The molecule has 7 heteroatoms. The van der Waals surface area contributed by atoms with Gasteiger partial charge in [-0.2, -0.15) is 0 Å². The zero-order chi connectivity index (χ0) is 16.9. The van der Waals surface area contributed by atoms with Crippen LogP contribution in [0, 0.1) is 5.92 Å². The minimum absolute atomic E-state index is 0.0329. The molecular weight excluding hydrogens is 302 g/mol. The van der Waals surface area contributed by atoms with Crippen LogP contribution in [0.15, 0.2) is 5.38 Å². The van der Waals surface area contributed by atoms with Crippen molar-refractivity contribution in [2.45, 2.75) is 39.5 Å². The zero-order valence-electron chi connectivity index (χ0n) is 13.8. The second-order valence-corrected chi connectivity index (χ2v) is 7.42. The highest BCUT2D eigenvalue weighted by Crippen LogP contribution is 2.23. The molecular formula is C15H25N3O3S. The number of hydrogen-bond donors (Lipinski definition) is 2. The standard InChI is InChI=1S/C15H25N3O3S/c1-10(13(19)20)8-18(5)14(21)16-7-6-12-17-11(9-22-12)15(2,3)4/h9-10H,6-8H2,1-5H3,(H,16,21)(H,19,20). The molecule has 0 radical (unpaired) electrons. The number of nitrogens with zero attached hydrogens (tertiary/aromatic N) is 2. The van der Waals surface area contributed by atoms with Crippen molar-refractivity contribution in [3.8, 4) is 0 Å². The number of carbonyl (C=O) groups excluding carboxylic acids is 1. The summed E-state index contributed by atoms with van der Waals surface area (Å²) >= 11 is 1.60. The highest BCUT2D eigenvalue weighted by molar-refractivity contribution is 7.09. The Kier molecular flexibility index (Phi) is 6.34. The SMILES string of the molecule is CC(CN(C)C(=O)NCCc1nc(C(C)(C)C)cs1)C(=O)O. The molecule has 0 aliphatic heterocycles. The van der Waals surface area contributed by atoms with Crippen molar-refractivity contribution in [2.24, 2.45) is 5.92 Å². The molecule has 0 bridgehead atoms. The smallest absolute Gasteiger partial charge is 0.317 e. The van der Waals surface area contributed by atoms with Crippen LogP contribution in [0.3, 0.4) is 0 Å². The van der Waals surface area contributed by atoms with Gasteiger partial charge in [0.1, 0.15) is 0 Å². The molecule has 1 aromatic heterocycles. The number of aliphatic carboxylic acids is 1. The van der Waals surface area contributed by atoms with Gasteiger partial charge in [-0.15, -0.1) is 11.3 Å². The number of thiazole rings is 1. The van der Waals surface area contributed by atoms with Gasteiger partial charge < -0.3 is 15.3 Å². The predicted molar refractivity (Wildman–Crippen MR) is 87.3 cm³/mol. The molecule has 2 amide bonds. The first-order chi connectivity index (χ1) is 10.1. The van der Waals surface area contributed by atoms with Gasteiger partial charge in [-0.05, 0) is 0 Å². The van der Waals surface area contributed by atoms with Crippen LogP contribution in [0.25, 0.3) is 0 Å². The van der Waals surface area contributed by atoms with Crippen molar-refractivity contribution in [2.75, 3.05) is 20.1 Å². The van der Waals surface area contributed by atoms with E-state index in [0.717, 1.165) is 10.7 Å². The van der Waals surface area contributed by atoms with Crippen LogP contribution in [-0.4, -0.2) is 47.1 Å². The Labute approximate surface area is 135 Å². The molecule has 1 unspecified atom stereocenters. The van der Waals surface area contributed by atoms with Crippen molar-refractivity contribution in [3.63, 3.8) is 0 Å². The van der Waals surface area contributed by atoms with Crippen LogP contribution in [0.2, 0.25) is 0 Å². The van der Waals surface area contributed by atoms with Gasteiger partial charge in [-0.3, -0.25) is 4.79 Å². The number of amides is 2. The van der Waals surface area contributed by atoms with Gasteiger partial charge in [0.25, 0.3) is 0 Å². The lowest BCUT2D eigenvalue weighted by Crippen LogP contribution is -2.41. The zero-order valence-corrected chi connectivity index (χ0v) is 14.7. The largest absolute Gasteiger partial charge is 0.481 e. The quantitative estimate of drug-likeness (QED) is 0.840. The molecule has 2 N–H and O–H groups in total. The van der Waals surface area contributed by atoms with Crippen LogP contribution in [0.1, 0.15) is 38.4 Å². The van der Waals surface area contributed by atoms with E-state index in [2.05, 4.69) is 36.5 Å². The number of urea groups is 1. The summed E-state index contributed by atoms with van der Waals surface area (Å²) in [5, 5.41) is 14.7. The molecule has 124 valence electrons. The molecule has 0 aromatic carbocycles. The lowest BCUT2D eigenvalue weighted by molar-refractivity contribution is -0.141. The Morgan fingerprint density at radius 1 is 1.45 bits per heavy atom. The molecule has 0 saturated carbocycles. The fraction of sp³-hybridized carbons (Fsp3) is 0.667. The summed E-state index contributed by atoms with van der Waals surface area (Å²) in [4.78, 5) is 28.6. The van der Waals surface area contributed by atoms with Crippen LogP contribution >= 0.6 is 11.3 Å². The third-order valence-electron chi connectivity index (χ3n) is 3.25. The van der Waals surface area contributed by atoms with Crippen LogP contribution < -0.4 is 5.32 Å². The maximum absolute atomic E-state index is 11.9. The van der Waals surface area contributed by atoms with Crippen molar-refractivity contribution >= 4 is 23.3 Å². The van der Waals surface area contributed by atoms with E-state index in [1.807, 2.05) is 0 Å². The van der Waals surface area contributed by atoms with Gasteiger partial charge in [0, 0.05) is 37.4 Å². The first-order valence-corrected chi connectivity index (χ1v) is 8.16. The monoisotopic (exact) mass is 327 g/mol. The van der Waals surface area contributed by atoms with Gasteiger partial charge in [0.05, 0.1) is 16.6 Å². The van der Waals surface area contributed by atoms with E-state index in [1.165, 1.54) is 4.90 Å². The van der Waals surface area contributed by atoms with Gasteiger partial charge in [0.2, 0.25) is 0 Å². The molecule has 6 nitrogen and oxygen atoms in total. The summed E-state index contributed by atoms with van der Waals surface area (Å²) in [5.41, 5.74) is 1.09. The summed E-state index contributed by atoms with van der Waals surface area (Å²) in [7, 11) is 1.59. The van der Waals surface area contributed by atoms with E-state index in [0.29, 0.717) is 13.0 Å². The Hall–Kier alpha value is -1.63. The average Bonchev–Trinajstić information content (AvgIpc) is 2.87. The third-order valence-corrected chi connectivity index (χ3v) is 4.16. The minimum atomic E-state index is -0.905. The maximum Gasteiger partial charge on any atom is 0.317 e. The minimum Gasteiger partial charge on any atom is -0.481 e. The second kappa shape index (κ2) is 7.58. The molecule has 1 rings (SSSR count). The molecule has 1 atom stereocenters. The van der Waals surface area contributed by atoms with Gasteiger partial charge in [0.15, 0.2) is 0 Å². The van der Waals surface area contributed by atoms with Gasteiger partial charge in [-0.1, -0.05) is 27.7 Å². The van der Waals surface area contributed by atoms with Crippen LogP contribution in [-0.2, 0) is 16.6 Å². The topological polar surface area (TPSA) is 82.5 Å². The first-order valence-electron chi connectivity index (χ1n) is 7.28. The number of nitrogens with one attached hydrogen (secondary N) is 1. The fourth-order valence-corrected chi connectivity index (χ4v) is 2.78. The summed E-state index contributed by atoms with van der Waals surface area (Å²) in [5.74, 6) is -1.48. The van der Waals surface area contributed by atoms with Crippen LogP contribution in [0.4, 0.5) is 4.79 Å². The molecule has 1 aromatic rings. The summed E-state index contributed by atoms with van der Waals surface area (Å²) < 4.78 is 0. The van der Waals surface area contributed by atoms with Crippen molar-refractivity contribution in [1.29, 1.82) is 0 Å². The molecule has 0 fully saturated rings. The normalized spacial score (nSPS) is 12.8. The lowest BCUT2D eigenvalue weighted by Gasteiger charge is -2.19. The number of carboxylic acid groups (broad SMARTS) is 1. The van der Waals surface area contributed by atoms with E-state index in [1.54, 1.807) is 25.3 Å².